The van der Waals surface area contributed by atoms with E-state index in [9.17, 15) is 9.90 Å². The van der Waals surface area contributed by atoms with Gasteiger partial charge in [-0.1, -0.05) is 75.2 Å². The van der Waals surface area contributed by atoms with Gasteiger partial charge >= 0.3 is 0 Å². The van der Waals surface area contributed by atoms with Crippen molar-refractivity contribution in [1.82, 2.24) is 9.80 Å². The van der Waals surface area contributed by atoms with E-state index in [-0.39, 0.29) is 11.8 Å². The summed E-state index contributed by atoms with van der Waals surface area (Å²) in [4.78, 5) is 18.6. The molecular formula is C28H43ClN2O2. The molecule has 4 rings (SSSR count). The van der Waals surface area contributed by atoms with Gasteiger partial charge in [0.15, 0.2) is 0 Å². The molecule has 2 saturated carbocycles. The van der Waals surface area contributed by atoms with E-state index in [1.807, 2.05) is 25.1 Å². The van der Waals surface area contributed by atoms with Crippen LogP contribution in [0.2, 0.25) is 5.02 Å². The molecule has 0 bridgehead atoms. The van der Waals surface area contributed by atoms with Gasteiger partial charge in [0.2, 0.25) is 5.91 Å². The molecule has 1 amide bonds. The Balaban J connectivity index is 1.36. The highest BCUT2D eigenvalue weighted by atomic mass is 35.5. The first-order valence-electron chi connectivity index (χ1n) is 13.5. The van der Waals surface area contributed by atoms with Crippen LogP contribution in [0.1, 0.15) is 89.5 Å². The second-order valence-electron chi connectivity index (χ2n) is 10.8. The number of benzene rings is 1. The average molecular weight is 475 g/mol. The van der Waals surface area contributed by atoms with E-state index in [4.69, 9.17) is 11.6 Å². The molecule has 1 saturated heterocycles. The number of piperidine rings is 1. The van der Waals surface area contributed by atoms with Gasteiger partial charge < -0.3 is 14.9 Å². The van der Waals surface area contributed by atoms with Crippen LogP contribution >= 0.6 is 11.6 Å². The van der Waals surface area contributed by atoms with Gasteiger partial charge in [-0.25, -0.2) is 0 Å². The Morgan fingerprint density at radius 2 is 1.58 bits per heavy atom. The molecule has 4 nitrogen and oxygen atoms in total. The first kappa shape index (κ1) is 25.0. The maximum Gasteiger partial charge on any atom is 0.228 e. The van der Waals surface area contributed by atoms with Gasteiger partial charge in [-0.15, -0.1) is 0 Å². The minimum atomic E-state index is -0.889. The monoisotopic (exact) mass is 474 g/mol. The Bertz CT molecular complexity index is 747. The summed E-state index contributed by atoms with van der Waals surface area (Å²) in [5.74, 6) is -0.104. The Morgan fingerprint density at radius 1 is 1.03 bits per heavy atom. The molecule has 0 spiro atoms. The molecule has 1 aromatic rings. The zero-order valence-electron chi connectivity index (χ0n) is 20.5. The Kier molecular flexibility index (Phi) is 8.75. The van der Waals surface area contributed by atoms with Gasteiger partial charge in [0, 0.05) is 36.7 Å². The number of carbonyl (C=O) groups excluding carboxylic acids is 1. The number of hydrogen-bond acceptors (Lipinski definition) is 3. The topological polar surface area (TPSA) is 43.8 Å². The van der Waals surface area contributed by atoms with Crippen molar-refractivity contribution in [2.75, 3.05) is 19.6 Å². The van der Waals surface area contributed by atoms with Crippen LogP contribution in [0.25, 0.3) is 0 Å². The van der Waals surface area contributed by atoms with Crippen molar-refractivity contribution >= 4 is 17.5 Å². The summed E-state index contributed by atoms with van der Waals surface area (Å²) in [6.45, 7) is 4.62. The lowest BCUT2D eigenvalue weighted by Gasteiger charge is -2.47. The van der Waals surface area contributed by atoms with Crippen LogP contribution in [-0.2, 0) is 11.2 Å². The molecule has 0 radical (unpaired) electrons. The normalized spacial score (nSPS) is 23.8. The molecule has 1 N–H and O–H groups in total. The van der Waals surface area contributed by atoms with Crippen molar-refractivity contribution in [1.29, 1.82) is 0 Å². The number of amides is 1. The molecule has 1 atom stereocenters. The molecule has 3 fully saturated rings. The molecule has 1 aromatic carbocycles. The predicted molar refractivity (Wildman–Crippen MR) is 136 cm³/mol. The van der Waals surface area contributed by atoms with Crippen LogP contribution in [0.3, 0.4) is 0 Å². The molecule has 184 valence electrons. The summed E-state index contributed by atoms with van der Waals surface area (Å²) in [7, 11) is 0. The highest BCUT2D eigenvalue weighted by Crippen LogP contribution is 2.36. The average Bonchev–Trinajstić information content (AvgIpc) is 2.85. The van der Waals surface area contributed by atoms with Gasteiger partial charge in [0.1, 0.15) is 0 Å². The van der Waals surface area contributed by atoms with Gasteiger partial charge in [-0.2, -0.15) is 0 Å². The number of rotatable bonds is 7. The highest BCUT2D eigenvalue weighted by Gasteiger charge is 2.45. The van der Waals surface area contributed by atoms with Crippen LogP contribution in [0.15, 0.2) is 24.3 Å². The molecule has 1 unspecified atom stereocenters. The Hall–Kier alpha value is -1.10. The summed E-state index contributed by atoms with van der Waals surface area (Å²) in [5, 5.41) is 12.4. The third-order valence-corrected chi connectivity index (χ3v) is 9.11. The van der Waals surface area contributed by atoms with E-state index >= 15 is 0 Å². The molecule has 33 heavy (non-hydrogen) atoms. The molecule has 3 aliphatic rings. The van der Waals surface area contributed by atoms with Crippen LogP contribution in [0, 0.1) is 5.92 Å². The van der Waals surface area contributed by atoms with Crippen molar-refractivity contribution in [3.8, 4) is 0 Å². The van der Waals surface area contributed by atoms with E-state index in [0.717, 1.165) is 56.8 Å². The fourth-order valence-corrected chi connectivity index (χ4v) is 6.64. The van der Waals surface area contributed by atoms with Gasteiger partial charge in [0.05, 0.1) is 11.5 Å². The van der Waals surface area contributed by atoms with E-state index in [1.54, 1.807) is 0 Å². The fourth-order valence-electron chi connectivity index (χ4n) is 6.41. The van der Waals surface area contributed by atoms with Gasteiger partial charge in [0.25, 0.3) is 0 Å². The van der Waals surface area contributed by atoms with Gasteiger partial charge in [-0.3, -0.25) is 4.79 Å². The van der Waals surface area contributed by atoms with Crippen molar-refractivity contribution in [2.45, 2.75) is 108 Å². The maximum absolute atomic E-state index is 13.9. The lowest BCUT2D eigenvalue weighted by Crippen LogP contribution is -2.57. The van der Waals surface area contributed by atoms with E-state index < -0.39 is 5.60 Å². The number of aliphatic hydroxyl groups is 1. The second kappa shape index (κ2) is 11.6. The smallest absolute Gasteiger partial charge is 0.228 e. The first-order valence-corrected chi connectivity index (χ1v) is 13.9. The molecule has 2 aliphatic carbocycles. The van der Waals surface area contributed by atoms with E-state index in [1.165, 1.54) is 44.1 Å². The summed E-state index contributed by atoms with van der Waals surface area (Å²) in [6, 6.07) is 8.81. The molecule has 0 aromatic heterocycles. The van der Waals surface area contributed by atoms with E-state index in [0.29, 0.717) is 24.9 Å². The molecule has 1 heterocycles. The number of hydrogen-bond donors (Lipinski definition) is 1. The minimum absolute atomic E-state index is 0.223. The lowest BCUT2D eigenvalue weighted by atomic mass is 9.78. The van der Waals surface area contributed by atoms with Crippen LogP contribution in [0.4, 0.5) is 0 Å². The summed E-state index contributed by atoms with van der Waals surface area (Å²) >= 11 is 6.32. The van der Waals surface area contributed by atoms with Crippen LogP contribution < -0.4 is 0 Å². The first-order chi connectivity index (χ1) is 16.0. The standard InChI is InChI=1S/C28H43ClN2O2/c1-22(27(32)31(24-11-4-2-5-12-24)25-13-6-3-7-14-25)28(33)17-20-30(21-18-28)19-16-23-10-8-9-15-26(23)29/h8-10,15,22,24-25,33H,2-7,11-14,16-21H2,1H3. The number of nitrogens with zero attached hydrogens (tertiary/aromatic N) is 2. The largest absolute Gasteiger partial charge is 0.389 e. The molecule has 5 heteroatoms. The minimum Gasteiger partial charge on any atom is -0.389 e. The Labute approximate surface area is 205 Å². The van der Waals surface area contributed by atoms with Gasteiger partial charge in [-0.05, 0) is 56.6 Å². The van der Waals surface area contributed by atoms with Crippen molar-refractivity contribution in [2.24, 2.45) is 5.92 Å². The second-order valence-corrected chi connectivity index (χ2v) is 11.2. The zero-order valence-corrected chi connectivity index (χ0v) is 21.2. The van der Waals surface area contributed by atoms with E-state index in [2.05, 4.69) is 15.9 Å². The summed E-state index contributed by atoms with van der Waals surface area (Å²) in [6.07, 6.45) is 14.4. The van der Waals surface area contributed by atoms with Crippen LogP contribution in [0.5, 0.6) is 0 Å². The number of carbonyl (C=O) groups is 1. The third kappa shape index (κ3) is 6.13. The quantitative estimate of drug-likeness (QED) is 0.539. The fraction of sp³-hybridized carbons (Fsp3) is 0.750. The lowest BCUT2D eigenvalue weighted by molar-refractivity contribution is -0.155. The van der Waals surface area contributed by atoms with Crippen LogP contribution in [-0.4, -0.2) is 58.1 Å². The number of halogens is 1. The highest BCUT2D eigenvalue weighted by molar-refractivity contribution is 6.31. The summed E-state index contributed by atoms with van der Waals surface area (Å²) < 4.78 is 0. The Morgan fingerprint density at radius 3 is 2.12 bits per heavy atom. The molecule has 1 aliphatic heterocycles. The van der Waals surface area contributed by atoms with Crippen molar-refractivity contribution in [3.05, 3.63) is 34.9 Å². The number of likely N-dealkylation sites (tertiary alicyclic amines) is 1. The summed E-state index contributed by atoms with van der Waals surface area (Å²) in [5.41, 5.74) is 0.290. The SMILES string of the molecule is CC(C(=O)N(C1CCCCC1)C1CCCCC1)C1(O)CCN(CCc2ccccc2Cl)CC1. The van der Waals surface area contributed by atoms with Crippen molar-refractivity contribution in [3.63, 3.8) is 0 Å². The predicted octanol–water partition coefficient (Wildman–Crippen LogP) is 5.84. The maximum atomic E-state index is 13.9. The van der Waals surface area contributed by atoms with Crippen molar-refractivity contribution < 1.29 is 9.90 Å². The zero-order chi connectivity index (χ0) is 23.3. The third-order valence-electron chi connectivity index (χ3n) is 8.74. The molecular weight excluding hydrogens is 432 g/mol.